The first-order valence-corrected chi connectivity index (χ1v) is 18.4. The maximum atomic E-state index is 11.9. The molecule has 0 saturated heterocycles. The van der Waals surface area contributed by atoms with E-state index in [2.05, 4.69) is 78.0 Å². The van der Waals surface area contributed by atoms with E-state index in [1.54, 1.807) is 0 Å². The van der Waals surface area contributed by atoms with Crippen molar-refractivity contribution in [3.63, 3.8) is 0 Å². The second-order valence-electron chi connectivity index (χ2n) is 11.6. The van der Waals surface area contributed by atoms with Crippen LogP contribution in [0.25, 0.3) is 0 Å². The Labute approximate surface area is 206 Å². The number of ether oxygens (including phenoxy) is 1. The van der Waals surface area contributed by atoms with E-state index in [1.807, 2.05) is 32.9 Å². The molecule has 0 radical (unpaired) electrons. The summed E-state index contributed by atoms with van der Waals surface area (Å²) in [5.41, 5.74) is 7.31. The molecule has 0 aromatic heterocycles. The second kappa shape index (κ2) is 14.2. The summed E-state index contributed by atoms with van der Waals surface area (Å²) in [5, 5.41) is 13.6. The maximum Gasteiger partial charge on any atom is 0.407 e. The molecule has 0 unspecified atom stereocenters. The van der Waals surface area contributed by atoms with E-state index in [-0.39, 0.29) is 12.0 Å². The van der Waals surface area contributed by atoms with E-state index in [4.69, 9.17) is 4.74 Å². The van der Waals surface area contributed by atoms with Gasteiger partial charge in [0.1, 0.15) is 8.07 Å². The van der Waals surface area contributed by atoms with Gasteiger partial charge < -0.3 is 15.2 Å². The Morgan fingerprint density at radius 2 is 1.48 bits per heavy atom. The molecule has 1 amide bonds. The summed E-state index contributed by atoms with van der Waals surface area (Å²) < 4.78 is 5.26. The van der Waals surface area contributed by atoms with Gasteiger partial charge in [-0.25, -0.2) is 4.79 Å². The zero-order chi connectivity index (χ0) is 26.0. The van der Waals surface area contributed by atoms with Crippen LogP contribution < -0.4 is 5.32 Å². The van der Waals surface area contributed by atoms with Crippen LogP contribution >= 0.6 is 0 Å². The van der Waals surface area contributed by atoms with E-state index >= 15 is 0 Å². The number of allylic oxidation sites excluding steroid dienone is 2. The van der Waals surface area contributed by atoms with Gasteiger partial charge in [0.05, 0.1) is 12.7 Å². The topological polar surface area (TPSA) is 58.6 Å². The number of carbonyl (C=O) groups is 1. The highest BCUT2D eigenvalue weighted by molar-refractivity contribution is 6.90. The smallest absolute Gasteiger partial charge is 0.407 e. The van der Waals surface area contributed by atoms with Crippen molar-refractivity contribution in [1.29, 1.82) is 0 Å². The molecule has 0 bridgehead atoms. The van der Waals surface area contributed by atoms with Crippen LogP contribution in [0, 0.1) is 17.4 Å². The van der Waals surface area contributed by atoms with Gasteiger partial charge in [-0.2, -0.15) is 0 Å². The molecule has 4 nitrogen and oxygen atoms in total. The van der Waals surface area contributed by atoms with Crippen LogP contribution in [0.3, 0.4) is 0 Å². The molecular weight excluding hydrogens is 442 g/mol. The summed E-state index contributed by atoms with van der Waals surface area (Å²) in [6.07, 6.45) is 2.88. The zero-order valence-corrected chi connectivity index (χ0v) is 25.4. The average Bonchev–Trinajstić information content (AvgIpc) is 2.68. The number of carbonyl (C=O) groups excluding carboxylic acids is 1. The molecular formula is C27H51NO3Si2. The van der Waals surface area contributed by atoms with E-state index < -0.39 is 22.3 Å². The lowest BCUT2D eigenvalue weighted by Crippen LogP contribution is -2.43. The Morgan fingerprint density at radius 3 is 1.94 bits per heavy atom. The van der Waals surface area contributed by atoms with Crippen molar-refractivity contribution in [3.8, 4) is 11.5 Å². The third-order valence-electron chi connectivity index (χ3n) is 6.55. The molecule has 0 aliphatic heterocycles. The van der Waals surface area contributed by atoms with E-state index in [0.717, 1.165) is 17.2 Å². The van der Waals surface area contributed by atoms with Gasteiger partial charge in [-0.3, -0.25) is 0 Å². The normalized spacial score (nSPS) is 15.4. The summed E-state index contributed by atoms with van der Waals surface area (Å²) in [6, 6.07) is 0.964. The van der Waals surface area contributed by atoms with Crippen LogP contribution in [0.1, 0.15) is 62.3 Å². The number of rotatable bonds is 11. The Hall–Kier alpha value is -1.30. The average molecular weight is 494 g/mol. The van der Waals surface area contributed by atoms with E-state index in [0.29, 0.717) is 29.8 Å². The molecule has 0 aliphatic rings. The molecule has 0 saturated carbocycles. The van der Waals surface area contributed by atoms with Crippen molar-refractivity contribution in [1.82, 2.24) is 5.32 Å². The van der Waals surface area contributed by atoms with Gasteiger partial charge in [0, 0.05) is 20.5 Å². The second-order valence-corrected chi connectivity index (χ2v) is 22.8. The summed E-state index contributed by atoms with van der Waals surface area (Å²) in [4.78, 5) is 11.9. The highest BCUT2D eigenvalue weighted by Gasteiger charge is 2.41. The quantitative estimate of drug-likeness (QED) is 0.182. The largest absolute Gasteiger partial charge is 0.450 e. The van der Waals surface area contributed by atoms with Crippen LogP contribution in [0.4, 0.5) is 4.79 Å². The zero-order valence-electron chi connectivity index (χ0n) is 23.4. The van der Waals surface area contributed by atoms with Gasteiger partial charge in [-0.05, 0) is 49.0 Å². The monoisotopic (exact) mass is 493 g/mol. The molecule has 190 valence electrons. The van der Waals surface area contributed by atoms with Crippen molar-refractivity contribution in [2.24, 2.45) is 5.92 Å². The fourth-order valence-electron chi connectivity index (χ4n) is 4.29. The van der Waals surface area contributed by atoms with Crippen molar-refractivity contribution < 1.29 is 14.6 Å². The molecule has 0 fully saturated rings. The predicted molar refractivity (Wildman–Crippen MR) is 149 cm³/mol. The fourth-order valence-corrected chi connectivity index (χ4v) is 10.3. The number of nitrogens with one attached hydrogen (secondary N) is 1. The van der Waals surface area contributed by atoms with Gasteiger partial charge in [0.25, 0.3) is 0 Å². The first kappa shape index (κ1) is 31.7. The highest BCUT2D eigenvalue weighted by Crippen LogP contribution is 2.40. The van der Waals surface area contributed by atoms with Crippen molar-refractivity contribution in [2.45, 2.75) is 111 Å². The summed E-state index contributed by atoms with van der Waals surface area (Å²) in [7, 11) is -3.01. The van der Waals surface area contributed by atoms with E-state index in [1.165, 1.54) is 0 Å². The van der Waals surface area contributed by atoms with Crippen LogP contribution in [-0.2, 0) is 4.74 Å². The third kappa shape index (κ3) is 11.1. The minimum Gasteiger partial charge on any atom is -0.450 e. The molecule has 0 aliphatic carbocycles. The maximum absolute atomic E-state index is 11.9. The lowest BCUT2D eigenvalue weighted by molar-refractivity contribution is 0.152. The van der Waals surface area contributed by atoms with Crippen LogP contribution in [0.2, 0.25) is 42.3 Å². The number of aliphatic hydroxyl groups is 1. The number of hydrogen-bond acceptors (Lipinski definition) is 3. The van der Waals surface area contributed by atoms with Crippen molar-refractivity contribution in [2.75, 3.05) is 13.2 Å². The predicted octanol–water partition coefficient (Wildman–Crippen LogP) is 7.16. The molecule has 6 heteroatoms. The Kier molecular flexibility index (Phi) is 13.6. The Bertz CT molecular complexity index is 715. The molecule has 33 heavy (non-hydrogen) atoms. The van der Waals surface area contributed by atoms with Crippen molar-refractivity contribution in [3.05, 3.63) is 23.3 Å². The molecule has 0 aromatic carbocycles. The molecule has 2 N–H and O–H groups in total. The van der Waals surface area contributed by atoms with Crippen LogP contribution in [0.5, 0.6) is 0 Å². The number of hydrogen-bond donors (Lipinski definition) is 2. The van der Waals surface area contributed by atoms with Gasteiger partial charge in [-0.15, -0.1) is 11.5 Å². The Morgan fingerprint density at radius 1 is 0.970 bits per heavy atom. The van der Waals surface area contributed by atoms with Crippen LogP contribution in [0.15, 0.2) is 23.3 Å². The van der Waals surface area contributed by atoms with Gasteiger partial charge >= 0.3 is 6.09 Å². The minimum absolute atomic E-state index is 0.127. The summed E-state index contributed by atoms with van der Waals surface area (Å²) in [6.45, 7) is 27.4. The highest BCUT2D eigenvalue weighted by atomic mass is 28.3. The van der Waals surface area contributed by atoms with Gasteiger partial charge in [0.2, 0.25) is 0 Å². The molecule has 0 aromatic rings. The molecule has 0 heterocycles. The fraction of sp³-hybridized carbons (Fsp3) is 0.741. The number of aliphatic hydroxyl groups excluding tert-OH is 1. The molecule has 0 rings (SSSR count). The molecule has 2 atom stereocenters. The van der Waals surface area contributed by atoms with Gasteiger partial charge in [-0.1, -0.05) is 78.9 Å². The molecule has 0 spiro atoms. The third-order valence-corrected chi connectivity index (χ3v) is 14.6. The standard InChI is InChI=1S/C27H51NO3Si2/c1-20(2)33(21(3)4,22(5)6)17-15-25(9)26(29)24(8)14-13-23(7)19-28-27(30)31-16-18-32(10,11)12/h13-14,20-22,25-26,29H,16,18-19H2,1-12H3,(H,28,30)/b23-13+,24-14+/t25-,26+/m0/s1. The number of alkyl carbamates (subject to hydrolysis) is 1. The van der Waals surface area contributed by atoms with E-state index in [9.17, 15) is 9.90 Å². The summed E-state index contributed by atoms with van der Waals surface area (Å²) >= 11 is 0. The summed E-state index contributed by atoms with van der Waals surface area (Å²) in [5.74, 6) is 3.31. The lowest BCUT2D eigenvalue weighted by Gasteiger charge is -2.38. The SMILES string of the molecule is C/C(=C\C=C(/C)[C@@H](O)[C@@H](C)C#C[Si](C(C)C)(C(C)C)C(C)C)CNC(=O)OCC[Si](C)(C)C. The first-order valence-electron chi connectivity index (χ1n) is 12.5. The van der Waals surface area contributed by atoms with Crippen LogP contribution in [-0.4, -0.2) is 46.6 Å². The number of amides is 1. The minimum atomic E-state index is -1.80. The Balaban J connectivity index is 5.06. The van der Waals surface area contributed by atoms with Gasteiger partial charge in [0.15, 0.2) is 0 Å². The lowest BCUT2D eigenvalue weighted by atomic mass is 9.98. The van der Waals surface area contributed by atoms with Crippen molar-refractivity contribution >= 4 is 22.2 Å². The first-order chi connectivity index (χ1) is 15.0.